The summed E-state index contributed by atoms with van der Waals surface area (Å²) < 4.78 is 4.12. The van der Waals surface area contributed by atoms with Gasteiger partial charge in [-0.3, -0.25) is 0 Å². The van der Waals surface area contributed by atoms with Crippen molar-refractivity contribution in [3.63, 3.8) is 0 Å². The highest BCUT2D eigenvalue weighted by Crippen LogP contribution is 2.31. The Labute approximate surface area is 89.1 Å². The van der Waals surface area contributed by atoms with Crippen molar-refractivity contribution in [3.8, 4) is 0 Å². The van der Waals surface area contributed by atoms with Crippen molar-refractivity contribution in [1.29, 1.82) is 0 Å². The standard InChI is InChI=1S/C10H17N3S/c1-7-3-4-13(8(2)5-7)10-6-9(11)12-14-10/h6-8H,3-5H2,1-2H3,(H2,11,12). The third-order valence-electron chi connectivity index (χ3n) is 2.94. The number of hydrogen-bond acceptors (Lipinski definition) is 4. The zero-order valence-corrected chi connectivity index (χ0v) is 9.55. The number of nitrogens with two attached hydrogens (primary N) is 1. The molecule has 1 saturated heterocycles. The monoisotopic (exact) mass is 211 g/mol. The molecule has 1 aliphatic heterocycles. The third kappa shape index (κ3) is 1.85. The summed E-state index contributed by atoms with van der Waals surface area (Å²) in [5.74, 6) is 1.50. The molecule has 1 aromatic heterocycles. The van der Waals surface area contributed by atoms with Crippen molar-refractivity contribution in [2.75, 3.05) is 17.2 Å². The summed E-state index contributed by atoms with van der Waals surface area (Å²) in [5, 5.41) is 1.22. The van der Waals surface area contributed by atoms with E-state index in [1.165, 1.54) is 29.4 Å². The molecule has 2 rings (SSSR count). The predicted octanol–water partition coefficient (Wildman–Crippen LogP) is 2.35. The van der Waals surface area contributed by atoms with Gasteiger partial charge in [0.2, 0.25) is 0 Å². The second-order valence-electron chi connectivity index (χ2n) is 4.26. The topological polar surface area (TPSA) is 42.1 Å². The fourth-order valence-corrected chi connectivity index (χ4v) is 2.95. The zero-order valence-electron chi connectivity index (χ0n) is 8.73. The Hall–Kier alpha value is -0.770. The quantitative estimate of drug-likeness (QED) is 0.775. The first-order valence-corrected chi connectivity index (χ1v) is 5.93. The zero-order chi connectivity index (χ0) is 10.1. The van der Waals surface area contributed by atoms with Gasteiger partial charge < -0.3 is 10.6 Å². The highest BCUT2D eigenvalue weighted by Gasteiger charge is 2.24. The smallest absolute Gasteiger partial charge is 0.139 e. The Morgan fingerprint density at radius 1 is 1.57 bits per heavy atom. The van der Waals surface area contributed by atoms with Gasteiger partial charge in [0.05, 0.1) is 0 Å². The van der Waals surface area contributed by atoms with Gasteiger partial charge in [-0.1, -0.05) is 6.92 Å². The van der Waals surface area contributed by atoms with Crippen molar-refractivity contribution in [3.05, 3.63) is 6.07 Å². The van der Waals surface area contributed by atoms with Crippen LogP contribution in [-0.2, 0) is 0 Å². The molecule has 1 aliphatic rings. The van der Waals surface area contributed by atoms with Gasteiger partial charge in [-0.25, -0.2) is 0 Å². The average Bonchev–Trinajstić information content (AvgIpc) is 2.51. The Morgan fingerprint density at radius 3 is 2.93 bits per heavy atom. The summed E-state index contributed by atoms with van der Waals surface area (Å²) in [4.78, 5) is 2.42. The normalized spacial score (nSPS) is 28.0. The molecule has 2 heterocycles. The molecule has 2 N–H and O–H groups in total. The maximum Gasteiger partial charge on any atom is 0.139 e. The number of hydrogen-bond donors (Lipinski definition) is 1. The molecule has 0 bridgehead atoms. The summed E-state index contributed by atoms with van der Waals surface area (Å²) >= 11 is 1.51. The first-order valence-electron chi connectivity index (χ1n) is 5.15. The molecule has 78 valence electrons. The molecular weight excluding hydrogens is 194 g/mol. The highest BCUT2D eigenvalue weighted by molar-refractivity contribution is 7.10. The van der Waals surface area contributed by atoms with Crippen LogP contribution in [0.2, 0.25) is 0 Å². The van der Waals surface area contributed by atoms with Crippen LogP contribution < -0.4 is 10.6 Å². The van der Waals surface area contributed by atoms with Gasteiger partial charge >= 0.3 is 0 Å². The molecule has 0 saturated carbocycles. The van der Waals surface area contributed by atoms with Gasteiger partial charge in [-0.2, -0.15) is 4.37 Å². The van der Waals surface area contributed by atoms with Crippen LogP contribution in [0.25, 0.3) is 0 Å². The van der Waals surface area contributed by atoms with Gasteiger partial charge in [-0.15, -0.1) is 0 Å². The van der Waals surface area contributed by atoms with Crippen LogP contribution >= 0.6 is 11.5 Å². The molecule has 1 aromatic rings. The van der Waals surface area contributed by atoms with Crippen LogP contribution in [0.4, 0.5) is 10.8 Å². The summed E-state index contributed by atoms with van der Waals surface area (Å²) in [7, 11) is 0. The lowest BCUT2D eigenvalue weighted by atomic mass is 9.94. The second kappa shape index (κ2) is 3.77. The SMILES string of the molecule is CC1CCN(c2cc(N)ns2)C(C)C1. The van der Waals surface area contributed by atoms with Gasteiger partial charge in [0.25, 0.3) is 0 Å². The Bertz CT molecular complexity index is 310. The van der Waals surface area contributed by atoms with E-state index in [-0.39, 0.29) is 0 Å². The minimum atomic E-state index is 0.624. The van der Waals surface area contributed by atoms with E-state index in [4.69, 9.17) is 5.73 Å². The minimum Gasteiger partial charge on any atom is -0.383 e. The van der Waals surface area contributed by atoms with E-state index < -0.39 is 0 Å². The highest BCUT2D eigenvalue weighted by atomic mass is 32.1. The number of rotatable bonds is 1. The molecule has 0 aromatic carbocycles. The van der Waals surface area contributed by atoms with Gasteiger partial charge in [0.15, 0.2) is 0 Å². The Morgan fingerprint density at radius 2 is 2.36 bits per heavy atom. The molecule has 2 unspecified atom stereocenters. The number of nitrogen functional groups attached to an aromatic ring is 1. The summed E-state index contributed by atoms with van der Waals surface area (Å²) in [6.45, 7) is 5.75. The molecule has 3 nitrogen and oxygen atoms in total. The molecule has 0 amide bonds. The van der Waals surface area contributed by atoms with Crippen molar-refractivity contribution in [2.45, 2.75) is 32.7 Å². The van der Waals surface area contributed by atoms with Crippen molar-refractivity contribution in [2.24, 2.45) is 5.92 Å². The van der Waals surface area contributed by atoms with Crippen LogP contribution in [-0.4, -0.2) is 17.0 Å². The van der Waals surface area contributed by atoms with Crippen LogP contribution in [0.3, 0.4) is 0 Å². The van der Waals surface area contributed by atoms with E-state index >= 15 is 0 Å². The molecule has 0 spiro atoms. The molecule has 4 heteroatoms. The Kier molecular flexibility index (Phi) is 2.63. The van der Waals surface area contributed by atoms with Crippen LogP contribution in [0.15, 0.2) is 6.07 Å². The number of piperidine rings is 1. The van der Waals surface area contributed by atoms with E-state index in [9.17, 15) is 0 Å². The lowest BCUT2D eigenvalue weighted by Gasteiger charge is -2.36. The van der Waals surface area contributed by atoms with Crippen LogP contribution in [0.5, 0.6) is 0 Å². The summed E-state index contributed by atoms with van der Waals surface area (Å²) in [6, 6.07) is 2.61. The minimum absolute atomic E-state index is 0.624. The number of aromatic nitrogens is 1. The van der Waals surface area contributed by atoms with Crippen molar-refractivity contribution in [1.82, 2.24) is 4.37 Å². The average molecular weight is 211 g/mol. The number of anilines is 2. The first-order chi connectivity index (χ1) is 6.66. The van der Waals surface area contributed by atoms with Gasteiger partial charge in [0, 0.05) is 18.7 Å². The fourth-order valence-electron chi connectivity index (χ4n) is 2.15. The van der Waals surface area contributed by atoms with E-state index in [0.717, 1.165) is 12.5 Å². The molecule has 1 fully saturated rings. The summed E-state index contributed by atoms with van der Waals surface area (Å²) in [6.07, 6.45) is 2.56. The Balaban J connectivity index is 2.11. The molecule has 0 aliphatic carbocycles. The van der Waals surface area contributed by atoms with Crippen molar-refractivity contribution < 1.29 is 0 Å². The van der Waals surface area contributed by atoms with Crippen LogP contribution in [0.1, 0.15) is 26.7 Å². The maximum absolute atomic E-state index is 5.63. The van der Waals surface area contributed by atoms with E-state index in [1.807, 2.05) is 6.07 Å². The second-order valence-corrected chi connectivity index (χ2v) is 5.05. The molecular formula is C10H17N3S. The first kappa shape index (κ1) is 9.77. The maximum atomic E-state index is 5.63. The molecule has 0 radical (unpaired) electrons. The summed E-state index contributed by atoms with van der Waals surface area (Å²) in [5.41, 5.74) is 5.63. The van der Waals surface area contributed by atoms with E-state index in [0.29, 0.717) is 11.9 Å². The lowest BCUT2D eigenvalue weighted by molar-refractivity contribution is 0.379. The van der Waals surface area contributed by atoms with E-state index in [2.05, 4.69) is 23.1 Å². The van der Waals surface area contributed by atoms with Gasteiger partial charge in [-0.05, 0) is 37.2 Å². The number of nitrogens with zero attached hydrogens (tertiary/aromatic N) is 2. The molecule has 2 atom stereocenters. The van der Waals surface area contributed by atoms with Crippen molar-refractivity contribution >= 4 is 22.4 Å². The largest absolute Gasteiger partial charge is 0.383 e. The lowest BCUT2D eigenvalue weighted by Crippen LogP contribution is -2.39. The predicted molar refractivity (Wildman–Crippen MR) is 61.7 cm³/mol. The fraction of sp³-hybridized carbons (Fsp3) is 0.700. The van der Waals surface area contributed by atoms with Crippen LogP contribution in [0, 0.1) is 5.92 Å². The van der Waals surface area contributed by atoms with E-state index in [1.54, 1.807) is 0 Å². The molecule has 14 heavy (non-hydrogen) atoms. The third-order valence-corrected chi connectivity index (χ3v) is 3.78. The van der Waals surface area contributed by atoms with Gasteiger partial charge in [0.1, 0.15) is 10.8 Å².